The van der Waals surface area contributed by atoms with E-state index < -0.39 is 0 Å². The van der Waals surface area contributed by atoms with E-state index in [0.717, 1.165) is 22.0 Å². The van der Waals surface area contributed by atoms with Crippen molar-refractivity contribution in [3.63, 3.8) is 0 Å². The molecule has 21 heavy (non-hydrogen) atoms. The van der Waals surface area contributed by atoms with Crippen LogP contribution >= 0.6 is 0 Å². The fourth-order valence-corrected chi connectivity index (χ4v) is 2.40. The van der Waals surface area contributed by atoms with Gasteiger partial charge < -0.3 is 4.74 Å². The first-order valence-electron chi connectivity index (χ1n) is 6.73. The number of pyridine rings is 1. The van der Waals surface area contributed by atoms with Crippen molar-refractivity contribution in [2.24, 2.45) is 0 Å². The molecule has 3 rings (SSSR count). The van der Waals surface area contributed by atoms with Crippen LogP contribution in [0.2, 0.25) is 0 Å². The Morgan fingerprint density at radius 1 is 1.05 bits per heavy atom. The lowest BCUT2D eigenvalue weighted by Gasteiger charge is -2.11. The molecule has 3 heteroatoms. The minimum Gasteiger partial charge on any atom is -0.437 e. The van der Waals surface area contributed by atoms with Crippen molar-refractivity contribution in [1.29, 1.82) is 5.26 Å². The molecule has 0 saturated heterocycles. The highest BCUT2D eigenvalue weighted by Crippen LogP contribution is 2.31. The van der Waals surface area contributed by atoms with E-state index in [1.165, 1.54) is 0 Å². The summed E-state index contributed by atoms with van der Waals surface area (Å²) in [6.45, 7) is 3.79. The molecule has 3 nitrogen and oxygen atoms in total. The first-order chi connectivity index (χ1) is 10.2. The Labute approximate surface area is 123 Å². The molecule has 0 N–H and O–H groups in total. The predicted octanol–water partition coefficient (Wildman–Crippen LogP) is 4.52. The van der Waals surface area contributed by atoms with E-state index >= 15 is 0 Å². The molecule has 0 radical (unpaired) electrons. The van der Waals surface area contributed by atoms with Crippen LogP contribution in [0.3, 0.4) is 0 Å². The standard InChI is InChI=1S/C18H14N2O/c1-12-10-13(2)20-18(16(12)11-19)21-17-9-5-7-14-6-3-4-8-15(14)17/h3-10H,1-2H3. The highest BCUT2D eigenvalue weighted by Gasteiger charge is 2.12. The zero-order chi connectivity index (χ0) is 14.8. The van der Waals surface area contributed by atoms with E-state index in [9.17, 15) is 5.26 Å². The van der Waals surface area contributed by atoms with Crippen LogP contribution < -0.4 is 4.74 Å². The van der Waals surface area contributed by atoms with Crippen molar-refractivity contribution in [3.05, 3.63) is 65.4 Å². The summed E-state index contributed by atoms with van der Waals surface area (Å²) in [6.07, 6.45) is 0. The number of hydrogen-bond acceptors (Lipinski definition) is 3. The lowest BCUT2D eigenvalue weighted by molar-refractivity contribution is 0.464. The van der Waals surface area contributed by atoms with Crippen LogP contribution in [0.25, 0.3) is 10.8 Å². The van der Waals surface area contributed by atoms with E-state index in [1.807, 2.05) is 62.4 Å². The number of ether oxygens (including phenoxy) is 1. The molecule has 0 aliphatic carbocycles. The molecule has 1 aromatic heterocycles. The monoisotopic (exact) mass is 274 g/mol. The van der Waals surface area contributed by atoms with Crippen LogP contribution in [0.15, 0.2) is 48.5 Å². The second-order valence-electron chi connectivity index (χ2n) is 4.95. The average molecular weight is 274 g/mol. The number of benzene rings is 2. The SMILES string of the molecule is Cc1cc(C)c(C#N)c(Oc2cccc3ccccc23)n1. The summed E-state index contributed by atoms with van der Waals surface area (Å²) < 4.78 is 5.94. The van der Waals surface area contributed by atoms with Gasteiger partial charge in [-0.15, -0.1) is 0 Å². The maximum absolute atomic E-state index is 9.31. The number of aromatic nitrogens is 1. The van der Waals surface area contributed by atoms with Gasteiger partial charge in [0.25, 0.3) is 0 Å². The number of rotatable bonds is 2. The molecular formula is C18H14N2O. The summed E-state index contributed by atoms with van der Waals surface area (Å²) in [5.74, 6) is 1.08. The Morgan fingerprint density at radius 2 is 1.81 bits per heavy atom. The van der Waals surface area contributed by atoms with Gasteiger partial charge in [0.1, 0.15) is 17.4 Å². The number of nitriles is 1. The van der Waals surface area contributed by atoms with Crippen LogP contribution in [0.5, 0.6) is 11.6 Å². The summed E-state index contributed by atoms with van der Waals surface area (Å²) in [4.78, 5) is 4.36. The quantitative estimate of drug-likeness (QED) is 0.690. The van der Waals surface area contributed by atoms with Gasteiger partial charge in [0.15, 0.2) is 0 Å². The maximum atomic E-state index is 9.31. The van der Waals surface area contributed by atoms with Crippen molar-refractivity contribution in [2.45, 2.75) is 13.8 Å². The summed E-state index contributed by atoms with van der Waals surface area (Å²) in [5.41, 5.74) is 2.19. The van der Waals surface area contributed by atoms with Crippen LogP contribution in [0.4, 0.5) is 0 Å². The van der Waals surface area contributed by atoms with Gasteiger partial charge in [-0.05, 0) is 36.9 Å². The molecule has 0 fully saturated rings. The van der Waals surface area contributed by atoms with Crippen molar-refractivity contribution >= 4 is 10.8 Å². The zero-order valence-electron chi connectivity index (χ0n) is 11.9. The second-order valence-corrected chi connectivity index (χ2v) is 4.95. The van der Waals surface area contributed by atoms with Crippen LogP contribution in [-0.2, 0) is 0 Å². The summed E-state index contributed by atoms with van der Waals surface area (Å²) in [6, 6.07) is 17.9. The van der Waals surface area contributed by atoms with Crippen molar-refractivity contribution in [3.8, 4) is 17.7 Å². The summed E-state index contributed by atoms with van der Waals surface area (Å²) >= 11 is 0. The number of aryl methyl sites for hydroxylation is 2. The molecule has 0 spiro atoms. The van der Waals surface area contributed by atoms with Crippen LogP contribution in [0, 0.1) is 25.2 Å². The Balaban J connectivity index is 2.14. The highest BCUT2D eigenvalue weighted by molar-refractivity contribution is 5.88. The Kier molecular flexibility index (Phi) is 3.29. The van der Waals surface area contributed by atoms with Gasteiger partial charge in [-0.1, -0.05) is 36.4 Å². The third-order valence-corrected chi connectivity index (χ3v) is 3.38. The minimum atomic E-state index is 0.367. The van der Waals surface area contributed by atoms with Gasteiger partial charge in [-0.2, -0.15) is 5.26 Å². The third-order valence-electron chi connectivity index (χ3n) is 3.38. The molecule has 102 valence electrons. The lowest BCUT2D eigenvalue weighted by Crippen LogP contribution is -1.97. The van der Waals surface area contributed by atoms with Gasteiger partial charge in [-0.3, -0.25) is 0 Å². The molecule has 0 aliphatic rings. The van der Waals surface area contributed by atoms with Gasteiger partial charge >= 0.3 is 0 Å². The van der Waals surface area contributed by atoms with E-state index in [4.69, 9.17) is 4.74 Å². The van der Waals surface area contributed by atoms with E-state index in [1.54, 1.807) is 0 Å². The van der Waals surface area contributed by atoms with E-state index in [0.29, 0.717) is 17.2 Å². The first-order valence-corrected chi connectivity index (χ1v) is 6.73. The summed E-state index contributed by atoms with van der Waals surface area (Å²) in [7, 11) is 0. The number of nitrogens with zero attached hydrogens (tertiary/aromatic N) is 2. The van der Waals surface area contributed by atoms with Crippen LogP contribution in [0.1, 0.15) is 16.8 Å². The lowest BCUT2D eigenvalue weighted by atomic mass is 10.1. The van der Waals surface area contributed by atoms with E-state index in [-0.39, 0.29) is 0 Å². The molecule has 2 aromatic carbocycles. The van der Waals surface area contributed by atoms with Crippen molar-refractivity contribution < 1.29 is 4.74 Å². The Hall–Kier alpha value is -2.86. The smallest absolute Gasteiger partial charge is 0.237 e. The Morgan fingerprint density at radius 3 is 2.62 bits per heavy atom. The normalized spacial score (nSPS) is 10.3. The van der Waals surface area contributed by atoms with E-state index in [2.05, 4.69) is 11.1 Å². The minimum absolute atomic E-state index is 0.367. The molecule has 0 amide bonds. The van der Waals surface area contributed by atoms with Crippen molar-refractivity contribution in [1.82, 2.24) is 4.98 Å². The van der Waals surface area contributed by atoms with Crippen molar-refractivity contribution in [2.75, 3.05) is 0 Å². The van der Waals surface area contributed by atoms with Gasteiger partial charge in [0, 0.05) is 11.1 Å². The summed E-state index contributed by atoms with van der Waals surface area (Å²) in [5, 5.41) is 11.4. The van der Waals surface area contributed by atoms with Gasteiger partial charge in [-0.25, -0.2) is 4.98 Å². The molecule has 0 unspecified atom stereocenters. The topological polar surface area (TPSA) is 45.9 Å². The molecule has 3 aromatic rings. The second kappa shape index (κ2) is 5.26. The highest BCUT2D eigenvalue weighted by atomic mass is 16.5. The average Bonchev–Trinajstić information content (AvgIpc) is 2.47. The fraction of sp³-hybridized carbons (Fsp3) is 0.111. The molecule has 1 heterocycles. The molecule has 0 atom stereocenters. The van der Waals surface area contributed by atoms with Crippen LogP contribution in [-0.4, -0.2) is 4.98 Å². The third kappa shape index (κ3) is 2.44. The maximum Gasteiger partial charge on any atom is 0.237 e. The molecule has 0 aliphatic heterocycles. The number of fused-ring (bicyclic) bond motifs is 1. The molecule has 0 saturated carbocycles. The first kappa shape index (κ1) is 13.1. The predicted molar refractivity (Wildman–Crippen MR) is 82.4 cm³/mol. The number of hydrogen-bond donors (Lipinski definition) is 0. The van der Waals surface area contributed by atoms with Gasteiger partial charge in [0.2, 0.25) is 5.88 Å². The zero-order valence-corrected chi connectivity index (χ0v) is 11.9. The largest absolute Gasteiger partial charge is 0.437 e. The molecular weight excluding hydrogens is 260 g/mol. The van der Waals surface area contributed by atoms with Gasteiger partial charge in [0.05, 0.1) is 0 Å². The Bertz CT molecular complexity index is 857. The molecule has 0 bridgehead atoms. The fourth-order valence-electron chi connectivity index (χ4n) is 2.40.